The Hall–Kier alpha value is -0.580. The summed E-state index contributed by atoms with van der Waals surface area (Å²) < 4.78 is 1.21. The lowest BCUT2D eigenvalue weighted by Gasteiger charge is -2.39. The highest BCUT2D eigenvalue weighted by molar-refractivity contribution is 9.10. The van der Waals surface area contributed by atoms with Gasteiger partial charge in [-0.2, -0.15) is 0 Å². The van der Waals surface area contributed by atoms with Gasteiger partial charge in [-0.05, 0) is 66.4 Å². The van der Waals surface area contributed by atoms with E-state index in [2.05, 4.69) is 50.9 Å². The molecule has 110 valence electrons. The van der Waals surface area contributed by atoms with Gasteiger partial charge in [-0.3, -0.25) is 4.90 Å². The van der Waals surface area contributed by atoms with E-state index in [1.807, 2.05) is 0 Å². The molecule has 0 aromatic heterocycles. The number of fused-ring (bicyclic) bond motifs is 1. The standard InChI is InChI=1S/C16H24BrN3/c1-12(18)9-13-4-5-16(15(17)10-13)20-8-7-19-6-2-3-14(19)11-20/h4-5,10,12,14H,2-3,6-9,11,18H2,1H3. The van der Waals surface area contributed by atoms with Gasteiger partial charge in [-0.15, -0.1) is 0 Å². The quantitative estimate of drug-likeness (QED) is 0.920. The minimum atomic E-state index is 0.217. The number of piperazine rings is 1. The Morgan fingerprint density at radius 3 is 2.95 bits per heavy atom. The summed E-state index contributed by atoms with van der Waals surface area (Å²) in [6.45, 7) is 6.87. The lowest BCUT2D eigenvalue weighted by Crippen LogP contribution is -2.50. The molecule has 0 amide bonds. The third kappa shape index (κ3) is 3.02. The van der Waals surface area contributed by atoms with Crippen LogP contribution in [0.25, 0.3) is 0 Å². The van der Waals surface area contributed by atoms with Crippen LogP contribution in [0.2, 0.25) is 0 Å². The van der Waals surface area contributed by atoms with E-state index in [9.17, 15) is 0 Å². The smallest absolute Gasteiger partial charge is 0.0511 e. The van der Waals surface area contributed by atoms with Crippen LogP contribution in [-0.2, 0) is 6.42 Å². The number of anilines is 1. The average Bonchev–Trinajstić information content (AvgIpc) is 2.85. The molecule has 0 bridgehead atoms. The Morgan fingerprint density at radius 1 is 1.35 bits per heavy atom. The van der Waals surface area contributed by atoms with Crippen LogP contribution in [0.3, 0.4) is 0 Å². The number of nitrogens with zero attached hydrogens (tertiary/aromatic N) is 2. The molecular formula is C16H24BrN3. The molecule has 0 saturated carbocycles. The minimum absolute atomic E-state index is 0.217. The third-order valence-electron chi connectivity index (χ3n) is 4.50. The molecule has 2 unspecified atom stereocenters. The fourth-order valence-corrected chi connectivity index (χ4v) is 4.19. The molecule has 2 saturated heterocycles. The molecule has 0 aliphatic carbocycles. The first-order valence-electron chi connectivity index (χ1n) is 7.66. The summed E-state index contributed by atoms with van der Waals surface area (Å²) in [7, 11) is 0. The van der Waals surface area contributed by atoms with Gasteiger partial charge in [0.15, 0.2) is 0 Å². The molecule has 3 rings (SSSR count). The maximum Gasteiger partial charge on any atom is 0.0511 e. The maximum atomic E-state index is 5.88. The molecular weight excluding hydrogens is 314 g/mol. The van der Waals surface area contributed by atoms with Gasteiger partial charge in [-0.1, -0.05) is 6.07 Å². The van der Waals surface area contributed by atoms with E-state index in [4.69, 9.17) is 5.73 Å². The van der Waals surface area contributed by atoms with Crippen molar-refractivity contribution in [3.05, 3.63) is 28.2 Å². The summed E-state index contributed by atoms with van der Waals surface area (Å²) in [5.74, 6) is 0. The van der Waals surface area contributed by atoms with Crippen LogP contribution < -0.4 is 10.6 Å². The fourth-order valence-electron chi connectivity index (χ4n) is 3.52. The average molecular weight is 338 g/mol. The van der Waals surface area contributed by atoms with Crippen LogP contribution in [0.5, 0.6) is 0 Å². The molecule has 4 heteroatoms. The normalized spacial score (nSPS) is 24.8. The molecule has 0 radical (unpaired) electrons. The Morgan fingerprint density at radius 2 is 2.20 bits per heavy atom. The minimum Gasteiger partial charge on any atom is -0.368 e. The van der Waals surface area contributed by atoms with Crippen molar-refractivity contribution in [1.82, 2.24) is 4.90 Å². The van der Waals surface area contributed by atoms with Crippen molar-refractivity contribution in [2.75, 3.05) is 31.1 Å². The zero-order chi connectivity index (χ0) is 14.1. The number of rotatable bonds is 3. The number of halogens is 1. The van der Waals surface area contributed by atoms with E-state index in [0.29, 0.717) is 0 Å². The molecule has 2 atom stereocenters. The van der Waals surface area contributed by atoms with Crippen molar-refractivity contribution in [2.45, 2.75) is 38.3 Å². The number of hydrogen-bond acceptors (Lipinski definition) is 3. The highest BCUT2D eigenvalue weighted by Gasteiger charge is 2.31. The molecule has 2 aliphatic rings. The largest absolute Gasteiger partial charge is 0.368 e. The van der Waals surface area contributed by atoms with Crippen LogP contribution in [-0.4, -0.2) is 43.2 Å². The van der Waals surface area contributed by atoms with Gasteiger partial charge in [0, 0.05) is 36.2 Å². The van der Waals surface area contributed by atoms with Gasteiger partial charge < -0.3 is 10.6 Å². The summed E-state index contributed by atoms with van der Waals surface area (Å²) in [4.78, 5) is 5.18. The zero-order valence-electron chi connectivity index (χ0n) is 12.2. The summed E-state index contributed by atoms with van der Waals surface area (Å²) in [5.41, 5.74) is 8.54. The molecule has 3 nitrogen and oxygen atoms in total. The Balaban J connectivity index is 1.73. The Labute approximate surface area is 130 Å². The molecule has 2 N–H and O–H groups in total. The Kier molecular flexibility index (Phi) is 4.34. The molecule has 2 heterocycles. The highest BCUT2D eigenvalue weighted by Crippen LogP contribution is 2.31. The maximum absolute atomic E-state index is 5.88. The monoisotopic (exact) mass is 337 g/mol. The van der Waals surface area contributed by atoms with Gasteiger partial charge in [0.2, 0.25) is 0 Å². The molecule has 1 aromatic rings. The zero-order valence-corrected chi connectivity index (χ0v) is 13.8. The van der Waals surface area contributed by atoms with Crippen LogP contribution in [0.1, 0.15) is 25.3 Å². The van der Waals surface area contributed by atoms with Crippen LogP contribution >= 0.6 is 15.9 Å². The molecule has 1 aromatic carbocycles. The predicted octanol–water partition coefficient (Wildman–Crippen LogP) is 2.62. The summed E-state index contributed by atoms with van der Waals surface area (Å²) in [5, 5.41) is 0. The number of hydrogen-bond donors (Lipinski definition) is 1. The van der Waals surface area contributed by atoms with Gasteiger partial charge >= 0.3 is 0 Å². The van der Waals surface area contributed by atoms with Crippen LogP contribution in [0.4, 0.5) is 5.69 Å². The van der Waals surface area contributed by atoms with Crippen molar-refractivity contribution in [1.29, 1.82) is 0 Å². The predicted molar refractivity (Wildman–Crippen MR) is 88.3 cm³/mol. The third-order valence-corrected chi connectivity index (χ3v) is 5.13. The molecule has 2 fully saturated rings. The van der Waals surface area contributed by atoms with Gasteiger partial charge in [0.25, 0.3) is 0 Å². The van der Waals surface area contributed by atoms with Crippen molar-refractivity contribution < 1.29 is 0 Å². The first kappa shape index (κ1) is 14.4. The summed E-state index contributed by atoms with van der Waals surface area (Å²) in [6.07, 6.45) is 3.67. The van der Waals surface area contributed by atoms with Crippen molar-refractivity contribution in [3.8, 4) is 0 Å². The second kappa shape index (κ2) is 6.04. The fraction of sp³-hybridized carbons (Fsp3) is 0.625. The van der Waals surface area contributed by atoms with Crippen molar-refractivity contribution >= 4 is 21.6 Å². The van der Waals surface area contributed by atoms with Gasteiger partial charge in [0.05, 0.1) is 5.69 Å². The number of benzene rings is 1. The number of nitrogens with two attached hydrogens (primary N) is 1. The van der Waals surface area contributed by atoms with Crippen LogP contribution in [0, 0.1) is 0 Å². The van der Waals surface area contributed by atoms with E-state index in [0.717, 1.165) is 19.0 Å². The Bertz CT molecular complexity index is 475. The van der Waals surface area contributed by atoms with Crippen LogP contribution in [0.15, 0.2) is 22.7 Å². The van der Waals surface area contributed by atoms with Crippen molar-refractivity contribution in [2.24, 2.45) is 5.73 Å². The summed E-state index contributed by atoms with van der Waals surface area (Å²) >= 11 is 3.75. The molecule has 2 aliphatic heterocycles. The van der Waals surface area contributed by atoms with E-state index >= 15 is 0 Å². The van der Waals surface area contributed by atoms with Crippen molar-refractivity contribution in [3.63, 3.8) is 0 Å². The van der Waals surface area contributed by atoms with E-state index in [1.165, 1.54) is 48.2 Å². The molecule has 0 spiro atoms. The van der Waals surface area contributed by atoms with E-state index in [-0.39, 0.29) is 6.04 Å². The van der Waals surface area contributed by atoms with E-state index < -0.39 is 0 Å². The molecule has 20 heavy (non-hydrogen) atoms. The highest BCUT2D eigenvalue weighted by atomic mass is 79.9. The topological polar surface area (TPSA) is 32.5 Å². The summed E-state index contributed by atoms with van der Waals surface area (Å²) in [6, 6.07) is 7.70. The first-order chi connectivity index (χ1) is 9.63. The lowest BCUT2D eigenvalue weighted by atomic mass is 10.1. The lowest BCUT2D eigenvalue weighted by molar-refractivity contribution is 0.231. The second-order valence-electron chi connectivity index (χ2n) is 6.25. The first-order valence-corrected chi connectivity index (χ1v) is 8.46. The van der Waals surface area contributed by atoms with Gasteiger partial charge in [0.1, 0.15) is 0 Å². The SMILES string of the molecule is CC(N)Cc1ccc(N2CCN3CCCC3C2)c(Br)c1. The van der Waals surface area contributed by atoms with Gasteiger partial charge in [-0.25, -0.2) is 0 Å². The second-order valence-corrected chi connectivity index (χ2v) is 7.10. The van der Waals surface area contributed by atoms with E-state index in [1.54, 1.807) is 0 Å².